The van der Waals surface area contributed by atoms with Gasteiger partial charge in [-0.15, -0.1) is 0 Å². The SMILES string of the molecule is CC1(C)CC(CC(=O)C2CCC(C(=O)OC3CC(C)(C)N(O)C(C)(C)C3)CC2)CC(C)(C)N1O. The summed E-state index contributed by atoms with van der Waals surface area (Å²) < 4.78 is 5.93. The average molecular weight is 481 g/mol. The van der Waals surface area contributed by atoms with Gasteiger partial charge >= 0.3 is 5.97 Å². The number of hydrogen-bond donors (Lipinski definition) is 2. The van der Waals surface area contributed by atoms with Crippen LogP contribution in [0, 0.1) is 17.8 Å². The van der Waals surface area contributed by atoms with Crippen molar-refractivity contribution in [2.45, 2.75) is 141 Å². The first kappa shape index (κ1) is 27.6. The second-order valence-electron chi connectivity index (χ2n) is 13.8. The molecular formula is C27H48N2O5. The molecule has 2 aliphatic heterocycles. The van der Waals surface area contributed by atoms with Crippen molar-refractivity contribution in [1.82, 2.24) is 10.1 Å². The lowest BCUT2D eigenvalue weighted by Gasteiger charge is -2.51. The first-order chi connectivity index (χ1) is 15.4. The Kier molecular flexibility index (Phi) is 7.66. The minimum atomic E-state index is -0.452. The average Bonchev–Trinajstić information content (AvgIpc) is 2.69. The molecule has 3 fully saturated rings. The molecule has 2 N–H and O–H groups in total. The third-order valence-corrected chi connectivity index (χ3v) is 8.61. The number of hydrogen-bond acceptors (Lipinski definition) is 7. The van der Waals surface area contributed by atoms with Crippen LogP contribution in [-0.4, -0.2) is 60.6 Å². The first-order valence-corrected chi connectivity index (χ1v) is 13.2. The Hall–Kier alpha value is -1.02. The molecule has 2 saturated heterocycles. The predicted octanol–water partition coefficient (Wildman–Crippen LogP) is 5.36. The van der Waals surface area contributed by atoms with E-state index < -0.39 is 11.1 Å². The number of esters is 1. The molecule has 0 amide bonds. The van der Waals surface area contributed by atoms with Gasteiger partial charge in [0.25, 0.3) is 0 Å². The summed E-state index contributed by atoms with van der Waals surface area (Å²) in [6, 6.07) is 0. The number of piperidine rings is 2. The van der Waals surface area contributed by atoms with E-state index in [0.29, 0.717) is 37.9 Å². The number of rotatable bonds is 5. The standard InChI is InChI=1S/C27H48N2O5/c1-24(2)14-18(15-25(3,4)28(24)32)13-22(30)19-9-11-20(12-10-19)23(31)34-21-16-26(5,6)29(33)27(7,8)17-21/h18-21,32-33H,9-17H2,1-8H3. The lowest BCUT2D eigenvalue weighted by Crippen LogP contribution is -2.60. The monoisotopic (exact) mass is 480 g/mol. The number of carbonyl (C=O) groups is 2. The summed E-state index contributed by atoms with van der Waals surface area (Å²) in [5.74, 6) is 0.324. The fourth-order valence-electron chi connectivity index (χ4n) is 7.25. The Balaban J connectivity index is 1.49. The summed E-state index contributed by atoms with van der Waals surface area (Å²) in [6.07, 6.45) is 6.07. The molecule has 0 radical (unpaired) electrons. The smallest absolute Gasteiger partial charge is 0.309 e. The number of ketones is 1. The van der Waals surface area contributed by atoms with Gasteiger partial charge < -0.3 is 15.2 Å². The molecule has 0 unspecified atom stereocenters. The van der Waals surface area contributed by atoms with Crippen molar-refractivity contribution >= 4 is 11.8 Å². The Bertz CT molecular complexity index is 667. The van der Waals surface area contributed by atoms with Crippen LogP contribution in [-0.2, 0) is 14.3 Å². The lowest BCUT2D eigenvalue weighted by molar-refractivity contribution is -0.260. The van der Waals surface area contributed by atoms with Crippen LogP contribution in [0.2, 0.25) is 0 Å². The van der Waals surface area contributed by atoms with Crippen molar-refractivity contribution in [2.75, 3.05) is 0 Å². The van der Waals surface area contributed by atoms with E-state index in [9.17, 15) is 20.0 Å². The first-order valence-electron chi connectivity index (χ1n) is 13.2. The molecular weight excluding hydrogens is 432 g/mol. The maximum absolute atomic E-state index is 13.1. The third kappa shape index (κ3) is 5.85. The highest BCUT2D eigenvalue weighted by Crippen LogP contribution is 2.43. The predicted molar refractivity (Wildman–Crippen MR) is 130 cm³/mol. The summed E-state index contributed by atoms with van der Waals surface area (Å²) >= 11 is 0. The van der Waals surface area contributed by atoms with Crippen molar-refractivity contribution in [3.8, 4) is 0 Å². The van der Waals surface area contributed by atoms with Crippen LogP contribution in [0.25, 0.3) is 0 Å². The van der Waals surface area contributed by atoms with Crippen LogP contribution in [0.4, 0.5) is 0 Å². The van der Waals surface area contributed by atoms with Gasteiger partial charge in [-0.25, -0.2) is 0 Å². The minimum absolute atomic E-state index is 0.0259. The van der Waals surface area contributed by atoms with Gasteiger partial charge in [0.1, 0.15) is 11.9 Å². The lowest BCUT2D eigenvalue weighted by atomic mass is 9.71. The van der Waals surface area contributed by atoms with Gasteiger partial charge in [-0.1, -0.05) is 0 Å². The van der Waals surface area contributed by atoms with Gasteiger partial charge in [0, 0.05) is 47.3 Å². The van der Waals surface area contributed by atoms with Crippen molar-refractivity contribution in [1.29, 1.82) is 0 Å². The molecule has 7 nitrogen and oxygen atoms in total. The van der Waals surface area contributed by atoms with E-state index in [0.717, 1.165) is 25.7 Å². The van der Waals surface area contributed by atoms with Crippen molar-refractivity contribution < 1.29 is 24.7 Å². The highest BCUT2D eigenvalue weighted by atomic mass is 16.5. The van der Waals surface area contributed by atoms with Gasteiger partial charge in [0.05, 0.1) is 5.92 Å². The number of Topliss-reactive ketones (excluding diaryl/α,β-unsaturated/α-hetero) is 1. The third-order valence-electron chi connectivity index (χ3n) is 8.61. The van der Waals surface area contributed by atoms with Crippen LogP contribution in [0.15, 0.2) is 0 Å². The van der Waals surface area contributed by atoms with E-state index in [2.05, 4.69) is 0 Å². The molecule has 0 aromatic carbocycles. The van der Waals surface area contributed by atoms with E-state index in [1.165, 1.54) is 10.1 Å². The highest BCUT2D eigenvalue weighted by Gasteiger charge is 2.48. The summed E-state index contributed by atoms with van der Waals surface area (Å²) in [5.41, 5.74) is -1.59. The van der Waals surface area contributed by atoms with Crippen LogP contribution in [0.3, 0.4) is 0 Å². The van der Waals surface area contributed by atoms with E-state index in [-0.39, 0.29) is 40.9 Å². The molecule has 0 aromatic heterocycles. The Morgan fingerprint density at radius 2 is 1.09 bits per heavy atom. The molecule has 1 saturated carbocycles. The van der Waals surface area contributed by atoms with Crippen LogP contribution < -0.4 is 0 Å². The van der Waals surface area contributed by atoms with Gasteiger partial charge in [-0.05, 0) is 99.8 Å². The fraction of sp³-hybridized carbons (Fsp3) is 0.926. The molecule has 0 aromatic rings. The van der Waals surface area contributed by atoms with E-state index >= 15 is 0 Å². The van der Waals surface area contributed by atoms with Gasteiger partial charge in [0.15, 0.2) is 0 Å². The molecule has 3 rings (SSSR count). The van der Waals surface area contributed by atoms with Gasteiger partial charge in [-0.3, -0.25) is 9.59 Å². The zero-order chi connectivity index (χ0) is 25.7. The largest absolute Gasteiger partial charge is 0.462 e. The molecule has 7 heteroatoms. The number of ether oxygens (including phenoxy) is 1. The Morgan fingerprint density at radius 3 is 1.53 bits per heavy atom. The van der Waals surface area contributed by atoms with E-state index in [1.54, 1.807) is 0 Å². The summed E-state index contributed by atoms with van der Waals surface area (Å²) in [6.45, 7) is 16.0. The van der Waals surface area contributed by atoms with Crippen molar-refractivity contribution in [3.63, 3.8) is 0 Å². The molecule has 34 heavy (non-hydrogen) atoms. The normalized spacial score (nSPS) is 32.3. The minimum Gasteiger partial charge on any atom is -0.462 e. The van der Waals surface area contributed by atoms with Crippen molar-refractivity contribution in [3.05, 3.63) is 0 Å². The van der Waals surface area contributed by atoms with Gasteiger partial charge in [-0.2, -0.15) is 10.1 Å². The Labute approximate surface area is 206 Å². The number of nitrogens with zero attached hydrogens (tertiary/aromatic N) is 2. The molecule has 196 valence electrons. The second-order valence-corrected chi connectivity index (χ2v) is 13.8. The highest BCUT2D eigenvalue weighted by molar-refractivity contribution is 5.82. The van der Waals surface area contributed by atoms with E-state index in [1.807, 2.05) is 55.4 Å². The maximum atomic E-state index is 13.1. The molecule has 3 aliphatic rings. The fourth-order valence-corrected chi connectivity index (χ4v) is 7.25. The number of hydroxylamine groups is 4. The molecule has 0 bridgehead atoms. The summed E-state index contributed by atoms with van der Waals surface area (Å²) in [5, 5.41) is 23.9. The van der Waals surface area contributed by atoms with Gasteiger partial charge in [0.2, 0.25) is 0 Å². The van der Waals surface area contributed by atoms with Crippen LogP contribution >= 0.6 is 0 Å². The second kappa shape index (κ2) is 9.45. The summed E-state index contributed by atoms with van der Waals surface area (Å²) in [4.78, 5) is 26.0. The molecule has 2 heterocycles. The number of carbonyl (C=O) groups excluding carboxylic acids is 2. The Morgan fingerprint density at radius 1 is 0.706 bits per heavy atom. The van der Waals surface area contributed by atoms with Crippen LogP contribution in [0.5, 0.6) is 0 Å². The molecule has 0 atom stereocenters. The maximum Gasteiger partial charge on any atom is 0.309 e. The zero-order valence-corrected chi connectivity index (χ0v) is 22.7. The van der Waals surface area contributed by atoms with Crippen LogP contribution in [0.1, 0.15) is 113 Å². The topological polar surface area (TPSA) is 90.3 Å². The van der Waals surface area contributed by atoms with E-state index in [4.69, 9.17) is 4.74 Å². The molecule has 1 aliphatic carbocycles. The molecule has 0 spiro atoms. The quantitative estimate of drug-likeness (QED) is 0.512. The summed E-state index contributed by atoms with van der Waals surface area (Å²) in [7, 11) is 0. The van der Waals surface area contributed by atoms with Crippen molar-refractivity contribution in [2.24, 2.45) is 17.8 Å². The zero-order valence-electron chi connectivity index (χ0n) is 22.7.